The van der Waals surface area contributed by atoms with E-state index in [0.717, 1.165) is 19.0 Å². The molecule has 2 atom stereocenters. The van der Waals surface area contributed by atoms with E-state index in [-0.39, 0.29) is 37.6 Å². The number of nitrogens with two attached hydrogens (primary N) is 1. The largest absolute Gasteiger partial charge is 1.00 e. The van der Waals surface area contributed by atoms with Gasteiger partial charge in [-0.15, -0.1) is 0 Å². The van der Waals surface area contributed by atoms with Gasteiger partial charge >= 0.3 is 18.9 Å². The number of fused-ring (bicyclic) bond motifs is 1. The van der Waals surface area contributed by atoms with Gasteiger partial charge in [-0.05, 0) is 29.9 Å². The molecule has 0 radical (unpaired) electrons. The smallest absolute Gasteiger partial charge is 1.00 e. The predicted octanol–water partition coefficient (Wildman–Crippen LogP) is -2.60. The average molecular weight is 240 g/mol. The topological polar surface area (TPSA) is 29.3 Å². The van der Waals surface area contributed by atoms with Crippen LogP contribution in [0.5, 0.6) is 0 Å². The van der Waals surface area contributed by atoms with Crippen LogP contribution in [0.3, 0.4) is 0 Å². The molecule has 0 bridgehead atoms. The molecular weight excluding hydrogens is 218 g/mol. The summed E-state index contributed by atoms with van der Waals surface area (Å²) in [6.45, 7) is 4.44. The summed E-state index contributed by atoms with van der Waals surface area (Å²) in [6.07, 6.45) is 1.37. The molecule has 1 saturated heterocycles. The molecule has 0 amide bonds. The van der Waals surface area contributed by atoms with Gasteiger partial charge < -0.3 is 7.16 Å². The van der Waals surface area contributed by atoms with Crippen LogP contribution in [-0.4, -0.2) is 41.9 Å². The van der Waals surface area contributed by atoms with E-state index in [4.69, 9.17) is 5.73 Å². The maximum absolute atomic E-state index is 5.84. The van der Waals surface area contributed by atoms with Gasteiger partial charge in [0.2, 0.25) is 0 Å². The predicted molar refractivity (Wildman–Crippen MR) is 72.4 cm³/mol. The Hall–Kier alpha value is 0.270. The number of benzene rings is 1. The van der Waals surface area contributed by atoms with Gasteiger partial charge in [-0.2, -0.15) is 0 Å². The Bertz CT molecular complexity index is 361. The molecule has 2 fully saturated rings. The van der Waals surface area contributed by atoms with Gasteiger partial charge in [0.05, 0.1) is 0 Å². The fourth-order valence-electron chi connectivity index (χ4n) is 2.98. The number of hydrogen-bond acceptors (Lipinski definition) is 2. The van der Waals surface area contributed by atoms with Gasteiger partial charge in [0.25, 0.3) is 0 Å². The molecule has 1 aromatic carbocycles. The number of rotatable bonds is 3. The number of hydrogen-bond donors (Lipinski definition) is 1. The normalized spacial score (nSPS) is 30.1. The van der Waals surface area contributed by atoms with Gasteiger partial charge in [0.15, 0.2) is 17.4 Å². The van der Waals surface area contributed by atoms with Crippen molar-refractivity contribution in [3.63, 3.8) is 0 Å². The number of nitrogens with zero attached hydrogens (tertiary/aromatic N) is 1. The van der Waals surface area contributed by atoms with Gasteiger partial charge in [-0.3, -0.25) is 4.90 Å². The van der Waals surface area contributed by atoms with E-state index < -0.39 is 0 Å². The molecule has 0 aromatic heterocycles. The Morgan fingerprint density at radius 3 is 2.65 bits per heavy atom. The molecule has 2 N–H and O–H groups in total. The van der Waals surface area contributed by atoms with Gasteiger partial charge in [-0.1, -0.05) is 30.3 Å². The molecule has 0 spiro atoms. The van der Waals surface area contributed by atoms with Gasteiger partial charge in [-0.25, -0.2) is 0 Å². The second kappa shape index (κ2) is 5.94. The summed E-state index contributed by atoms with van der Waals surface area (Å²) in [5.41, 5.74) is 7.77. The Balaban J connectivity index is 0.000000963. The second-order valence-electron chi connectivity index (χ2n) is 5.12. The van der Waals surface area contributed by atoms with Crippen LogP contribution in [0.15, 0.2) is 30.3 Å². The minimum atomic E-state index is 0. The fraction of sp³-hybridized carbons (Fsp3) is 0.538. The van der Waals surface area contributed by atoms with Crippen LogP contribution in [0.1, 0.15) is 13.4 Å². The first-order valence-electron chi connectivity index (χ1n) is 5.79. The zero-order valence-corrected chi connectivity index (χ0v) is 10.0. The van der Waals surface area contributed by atoms with E-state index in [2.05, 4.69) is 35.2 Å². The van der Waals surface area contributed by atoms with Crippen molar-refractivity contribution in [3.8, 4) is 0 Å². The van der Waals surface area contributed by atoms with E-state index in [1.165, 1.54) is 25.1 Å². The summed E-state index contributed by atoms with van der Waals surface area (Å²) >= 11 is 0. The van der Waals surface area contributed by atoms with Crippen LogP contribution >= 0.6 is 0 Å². The van der Waals surface area contributed by atoms with Crippen molar-refractivity contribution in [2.24, 2.45) is 17.1 Å². The maximum atomic E-state index is 5.84. The summed E-state index contributed by atoms with van der Waals surface area (Å²) in [5, 5.41) is 0. The standard InChI is InChI=1S/C13H18N2.Al.Li.4H/c14-9-13-6-12(13)8-15(10-13)7-11-4-2-1-3-5-11;;;;;;/h1-5,12H,6-10,14H2;;;;;;/q;;+1;;;;-1. The van der Waals surface area contributed by atoms with E-state index in [1.54, 1.807) is 0 Å². The second-order valence-corrected chi connectivity index (χ2v) is 5.12. The van der Waals surface area contributed by atoms with Crippen molar-refractivity contribution in [2.75, 3.05) is 19.6 Å². The molecule has 1 aliphatic heterocycles. The van der Waals surface area contributed by atoms with Crippen LogP contribution < -0.4 is 24.6 Å². The number of likely N-dealkylation sites (tertiary alicyclic amines) is 1. The zero-order valence-electron chi connectivity index (χ0n) is 11.0. The first kappa shape index (κ1) is 15.3. The summed E-state index contributed by atoms with van der Waals surface area (Å²) < 4.78 is 0. The minimum Gasteiger partial charge on any atom is -1.00 e. The van der Waals surface area contributed by atoms with Crippen LogP contribution in [0.25, 0.3) is 0 Å². The van der Waals surface area contributed by atoms with Crippen molar-refractivity contribution in [1.82, 2.24) is 4.90 Å². The van der Waals surface area contributed by atoms with E-state index in [9.17, 15) is 0 Å². The van der Waals surface area contributed by atoms with Crippen molar-refractivity contribution < 1.29 is 20.3 Å². The molecule has 88 valence electrons. The van der Waals surface area contributed by atoms with Crippen LogP contribution in [0.4, 0.5) is 0 Å². The monoisotopic (exact) mass is 240 g/mol. The molecule has 1 saturated carbocycles. The Kier molecular flexibility index (Phi) is 5.36. The first-order chi connectivity index (χ1) is 7.32. The van der Waals surface area contributed by atoms with Crippen molar-refractivity contribution >= 4 is 17.4 Å². The maximum Gasteiger partial charge on any atom is 1.00 e. The van der Waals surface area contributed by atoms with Crippen molar-refractivity contribution in [1.29, 1.82) is 0 Å². The molecule has 17 heavy (non-hydrogen) atoms. The molecule has 2 unspecified atom stereocenters. The summed E-state index contributed by atoms with van der Waals surface area (Å²) in [6, 6.07) is 10.7. The van der Waals surface area contributed by atoms with E-state index >= 15 is 0 Å². The third-order valence-electron chi connectivity index (χ3n) is 4.03. The minimum absolute atomic E-state index is 0. The Labute approximate surface area is 128 Å². The fourth-order valence-corrected chi connectivity index (χ4v) is 2.98. The molecule has 2 nitrogen and oxygen atoms in total. The zero-order chi connectivity index (χ0) is 10.3. The third-order valence-corrected chi connectivity index (χ3v) is 4.03. The molecule has 1 heterocycles. The van der Waals surface area contributed by atoms with E-state index in [1.807, 2.05) is 0 Å². The SMILES string of the molecule is NCC12CC1CN(Cc1ccccc1)C2.[AlH3].[H-].[Li+]. The molecule has 4 heteroatoms. The molecule has 2 aliphatic rings. The molecule has 1 aliphatic carbocycles. The molecule has 1 aromatic rings. The van der Waals surface area contributed by atoms with Crippen LogP contribution in [-0.2, 0) is 6.54 Å². The number of piperidine rings is 1. The summed E-state index contributed by atoms with van der Waals surface area (Å²) in [5.74, 6) is 0.895. The summed E-state index contributed by atoms with van der Waals surface area (Å²) in [7, 11) is 0. The van der Waals surface area contributed by atoms with E-state index in [0.29, 0.717) is 5.41 Å². The van der Waals surface area contributed by atoms with Gasteiger partial charge in [0.1, 0.15) is 0 Å². The average Bonchev–Trinajstić information content (AvgIpc) is 2.84. The van der Waals surface area contributed by atoms with Gasteiger partial charge in [0, 0.05) is 19.6 Å². The quantitative estimate of drug-likeness (QED) is 0.587. The van der Waals surface area contributed by atoms with Crippen LogP contribution in [0.2, 0.25) is 0 Å². The summed E-state index contributed by atoms with van der Waals surface area (Å²) in [4.78, 5) is 2.55. The molecular formula is C13H22AlLiN2. The van der Waals surface area contributed by atoms with Crippen molar-refractivity contribution in [3.05, 3.63) is 35.9 Å². The van der Waals surface area contributed by atoms with Crippen LogP contribution in [0, 0.1) is 11.3 Å². The third kappa shape index (κ3) is 2.99. The molecule has 3 rings (SSSR count). The Morgan fingerprint density at radius 1 is 1.35 bits per heavy atom. The van der Waals surface area contributed by atoms with Crippen molar-refractivity contribution in [2.45, 2.75) is 13.0 Å². The Morgan fingerprint density at radius 2 is 2.06 bits per heavy atom. The first-order valence-corrected chi connectivity index (χ1v) is 5.79.